The van der Waals surface area contributed by atoms with Gasteiger partial charge >= 0.3 is 0 Å². The largest absolute Gasteiger partial charge is 0.480 e. The normalized spacial score (nSPS) is 10.9. The number of fused-ring (bicyclic) bond motifs is 1. The summed E-state index contributed by atoms with van der Waals surface area (Å²) in [6, 6.07) is 3.66. The van der Waals surface area contributed by atoms with E-state index in [0.29, 0.717) is 12.4 Å². The van der Waals surface area contributed by atoms with Crippen LogP contribution in [0.5, 0.6) is 5.88 Å². The van der Waals surface area contributed by atoms with Crippen LogP contribution < -0.4 is 10.1 Å². The van der Waals surface area contributed by atoms with Crippen LogP contribution in [0, 0.1) is 0 Å². The SMILES string of the molecule is CNCc1nc2ccc(OC)nn2c1Br. The molecule has 0 atom stereocenters. The molecule has 2 aromatic heterocycles. The van der Waals surface area contributed by atoms with E-state index in [0.717, 1.165) is 15.9 Å². The molecule has 0 aliphatic rings. The van der Waals surface area contributed by atoms with Gasteiger partial charge in [-0.25, -0.2) is 9.50 Å². The van der Waals surface area contributed by atoms with Crippen molar-refractivity contribution >= 4 is 21.6 Å². The molecule has 0 radical (unpaired) electrons. The Labute approximate surface area is 95.6 Å². The zero-order valence-corrected chi connectivity index (χ0v) is 10.1. The van der Waals surface area contributed by atoms with Crippen LogP contribution in [0.25, 0.3) is 5.65 Å². The number of rotatable bonds is 3. The van der Waals surface area contributed by atoms with E-state index in [1.807, 2.05) is 13.1 Å². The molecule has 5 nitrogen and oxygen atoms in total. The van der Waals surface area contributed by atoms with Crippen molar-refractivity contribution in [2.24, 2.45) is 0 Å². The van der Waals surface area contributed by atoms with E-state index < -0.39 is 0 Å². The number of methoxy groups -OCH3 is 1. The van der Waals surface area contributed by atoms with Crippen LogP contribution >= 0.6 is 15.9 Å². The summed E-state index contributed by atoms with van der Waals surface area (Å²) in [5, 5.41) is 7.30. The standard InChI is InChI=1S/C9H11BrN4O/c1-11-5-6-9(10)14-7(12-6)3-4-8(13-14)15-2/h3-4,11H,5H2,1-2H3. The molecule has 2 aromatic rings. The van der Waals surface area contributed by atoms with Gasteiger partial charge in [0.05, 0.1) is 12.8 Å². The quantitative estimate of drug-likeness (QED) is 0.912. The highest BCUT2D eigenvalue weighted by Crippen LogP contribution is 2.19. The number of halogens is 1. The van der Waals surface area contributed by atoms with Crippen molar-refractivity contribution in [3.63, 3.8) is 0 Å². The number of hydrogen-bond donors (Lipinski definition) is 1. The van der Waals surface area contributed by atoms with Gasteiger partial charge in [-0.15, -0.1) is 5.10 Å². The van der Waals surface area contributed by atoms with Crippen molar-refractivity contribution in [3.05, 3.63) is 22.4 Å². The van der Waals surface area contributed by atoms with Gasteiger partial charge in [0.25, 0.3) is 0 Å². The van der Waals surface area contributed by atoms with Crippen molar-refractivity contribution in [3.8, 4) is 5.88 Å². The maximum absolute atomic E-state index is 5.05. The number of nitrogens with one attached hydrogen (secondary N) is 1. The molecule has 15 heavy (non-hydrogen) atoms. The lowest BCUT2D eigenvalue weighted by Crippen LogP contribution is -2.05. The van der Waals surface area contributed by atoms with Gasteiger partial charge in [-0.2, -0.15) is 0 Å². The van der Waals surface area contributed by atoms with Crippen molar-refractivity contribution in [1.82, 2.24) is 19.9 Å². The molecule has 6 heteroatoms. The maximum Gasteiger partial charge on any atom is 0.231 e. The van der Waals surface area contributed by atoms with Crippen LogP contribution in [0.4, 0.5) is 0 Å². The maximum atomic E-state index is 5.05. The highest BCUT2D eigenvalue weighted by Gasteiger charge is 2.10. The van der Waals surface area contributed by atoms with Crippen LogP contribution in [0.1, 0.15) is 5.69 Å². The smallest absolute Gasteiger partial charge is 0.231 e. The third-order valence-electron chi connectivity index (χ3n) is 2.02. The highest BCUT2D eigenvalue weighted by molar-refractivity contribution is 9.10. The predicted octanol–water partition coefficient (Wildman–Crippen LogP) is 1.22. The molecule has 80 valence electrons. The van der Waals surface area contributed by atoms with Gasteiger partial charge < -0.3 is 10.1 Å². The molecule has 0 fully saturated rings. The van der Waals surface area contributed by atoms with E-state index in [1.54, 1.807) is 17.7 Å². The topological polar surface area (TPSA) is 51.5 Å². The van der Waals surface area contributed by atoms with Gasteiger partial charge in [0.2, 0.25) is 5.88 Å². The summed E-state index contributed by atoms with van der Waals surface area (Å²) in [6.45, 7) is 0.701. The summed E-state index contributed by atoms with van der Waals surface area (Å²) in [7, 11) is 3.47. The summed E-state index contributed by atoms with van der Waals surface area (Å²) in [4.78, 5) is 4.41. The minimum absolute atomic E-state index is 0.566. The molecule has 0 aromatic carbocycles. The molecule has 0 aliphatic carbocycles. The molecule has 0 saturated heterocycles. The molecule has 0 saturated carbocycles. The van der Waals surface area contributed by atoms with E-state index in [9.17, 15) is 0 Å². The molecule has 2 rings (SSSR count). The Balaban J connectivity index is 2.56. The molecule has 0 aliphatic heterocycles. The van der Waals surface area contributed by atoms with Gasteiger partial charge in [0, 0.05) is 12.6 Å². The van der Waals surface area contributed by atoms with Gasteiger partial charge in [0.1, 0.15) is 4.60 Å². The van der Waals surface area contributed by atoms with Crippen molar-refractivity contribution in [1.29, 1.82) is 0 Å². The lowest BCUT2D eigenvalue weighted by molar-refractivity contribution is 0.389. The van der Waals surface area contributed by atoms with Gasteiger partial charge in [0.15, 0.2) is 5.65 Å². The lowest BCUT2D eigenvalue weighted by atomic mass is 10.5. The van der Waals surface area contributed by atoms with Crippen LogP contribution in [0.2, 0.25) is 0 Å². The van der Waals surface area contributed by atoms with Gasteiger partial charge in [-0.05, 0) is 29.0 Å². The van der Waals surface area contributed by atoms with E-state index in [1.165, 1.54) is 0 Å². The molecule has 0 bridgehead atoms. The molecule has 0 amide bonds. The number of aromatic nitrogens is 3. The molecule has 0 spiro atoms. The lowest BCUT2D eigenvalue weighted by Gasteiger charge is -1.99. The van der Waals surface area contributed by atoms with Crippen LogP contribution in [-0.4, -0.2) is 28.8 Å². The second-order valence-electron chi connectivity index (χ2n) is 3.03. The second-order valence-corrected chi connectivity index (χ2v) is 3.78. The summed E-state index contributed by atoms with van der Waals surface area (Å²) in [5.41, 5.74) is 1.73. The first-order valence-corrected chi connectivity index (χ1v) is 5.28. The third-order valence-corrected chi connectivity index (χ3v) is 2.81. The number of hydrogen-bond acceptors (Lipinski definition) is 4. The fourth-order valence-electron chi connectivity index (χ4n) is 1.32. The van der Waals surface area contributed by atoms with E-state index in [2.05, 4.69) is 31.3 Å². The molecule has 1 N–H and O–H groups in total. The third kappa shape index (κ3) is 1.82. The fourth-order valence-corrected chi connectivity index (χ4v) is 1.81. The Morgan fingerprint density at radius 3 is 3.00 bits per heavy atom. The minimum Gasteiger partial charge on any atom is -0.480 e. The molecular weight excluding hydrogens is 260 g/mol. The monoisotopic (exact) mass is 270 g/mol. The molecule has 2 heterocycles. The first-order chi connectivity index (χ1) is 7.26. The Morgan fingerprint density at radius 2 is 2.33 bits per heavy atom. The zero-order chi connectivity index (χ0) is 10.8. The summed E-state index contributed by atoms with van der Waals surface area (Å²) >= 11 is 3.46. The molecular formula is C9H11BrN4O. The van der Waals surface area contributed by atoms with E-state index in [-0.39, 0.29) is 0 Å². The Bertz CT molecular complexity index is 482. The second kappa shape index (κ2) is 4.16. The average molecular weight is 271 g/mol. The summed E-state index contributed by atoms with van der Waals surface area (Å²) in [6.07, 6.45) is 0. The average Bonchev–Trinajstić information content (AvgIpc) is 2.56. The Morgan fingerprint density at radius 1 is 1.53 bits per heavy atom. The van der Waals surface area contributed by atoms with Crippen molar-refractivity contribution in [2.75, 3.05) is 14.2 Å². The number of nitrogens with zero attached hydrogens (tertiary/aromatic N) is 3. The zero-order valence-electron chi connectivity index (χ0n) is 8.49. The Kier molecular flexibility index (Phi) is 2.88. The highest BCUT2D eigenvalue weighted by atomic mass is 79.9. The van der Waals surface area contributed by atoms with Crippen LogP contribution in [0.3, 0.4) is 0 Å². The summed E-state index contributed by atoms with van der Waals surface area (Å²) in [5.74, 6) is 0.566. The number of imidazole rings is 1. The minimum atomic E-state index is 0.566. The van der Waals surface area contributed by atoms with Crippen LogP contribution in [-0.2, 0) is 6.54 Å². The van der Waals surface area contributed by atoms with Crippen molar-refractivity contribution in [2.45, 2.75) is 6.54 Å². The Hall–Kier alpha value is -1.14. The first-order valence-electron chi connectivity index (χ1n) is 4.49. The van der Waals surface area contributed by atoms with Gasteiger partial charge in [-0.3, -0.25) is 0 Å². The van der Waals surface area contributed by atoms with E-state index in [4.69, 9.17) is 4.74 Å². The summed E-state index contributed by atoms with van der Waals surface area (Å²) < 4.78 is 7.62. The number of ether oxygens (including phenoxy) is 1. The van der Waals surface area contributed by atoms with Crippen LogP contribution in [0.15, 0.2) is 16.7 Å². The molecule has 0 unspecified atom stereocenters. The van der Waals surface area contributed by atoms with Gasteiger partial charge in [-0.1, -0.05) is 0 Å². The van der Waals surface area contributed by atoms with Crippen molar-refractivity contribution < 1.29 is 4.74 Å². The first kappa shape index (κ1) is 10.4. The fraction of sp³-hybridized carbons (Fsp3) is 0.333. The van der Waals surface area contributed by atoms with E-state index >= 15 is 0 Å². The predicted molar refractivity (Wildman–Crippen MR) is 60.0 cm³/mol.